The number of ether oxygens (including phenoxy) is 1. The van der Waals surface area contributed by atoms with E-state index in [0.29, 0.717) is 3.57 Å². The summed E-state index contributed by atoms with van der Waals surface area (Å²) in [6.45, 7) is 0. The largest absolute Gasteiger partial charge is 0.573 e. The summed E-state index contributed by atoms with van der Waals surface area (Å²) < 4.78 is 40.1. The maximum atomic E-state index is 12.0. The van der Waals surface area contributed by atoms with E-state index in [2.05, 4.69) is 20.7 Å². The van der Waals surface area contributed by atoms with Crippen LogP contribution in [-0.2, 0) is 0 Å². The maximum Gasteiger partial charge on any atom is 0.573 e. The van der Waals surface area contributed by atoms with Gasteiger partial charge in [0.25, 0.3) is 0 Å². The molecule has 0 fully saturated rings. The molecule has 16 heavy (non-hydrogen) atoms. The minimum Gasteiger partial charge on any atom is -0.405 e. The van der Waals surface area contributed by atoms with Gasteiger partial charge in [0.1, 0.15) is 5.75 Å². The topological polar surface area (TPSA) is 26.3 Å². The molecule has 1 aromatic rings. The summed E-state index contributed by atoms with van der Waals surface area (Å²) in [5.74, 6) is -0.664. The van der Waals surface area contributed by atoms with Crippen LogP contribution in [0.3, 0.4) is 0 Å². The number of benzene rings is 1. The van der Waals surface area contributed by atoms with Crippen LogP contribution in [0.5, 0.6) is 5.75 Å². The molecule has 0 N–H and O–H groups in total. The molecule has 0 aliphatic heterocycles. The molecule has 1 aromatic carbocycles. The molecule has 88 valence electrons. The van der Waals surface area contributed by atoms with Gasteiger partial charge in [0.15, 0.2) is 5.78 Å². The molecule has 0 aromatic heterocycles. The van der Waals surface area contributed by atoms with Crippen LogP contribution in [0.15, 0.2) is 18.2 Å². The van der Waals surface area contributed by atoms with E-state index in [1.807, 2.05) is 0 Å². The monoisotopic (exact) mass is 408 g/mol. The molecule has 0 aliphatic rings. The van der Waals surface area contributed by atoms with Gasteiger partial charge >= 0.3 is 6.36 Å². The number of carbonyl (C=O) groups excluding carboxylic acids is 1. The maximum absolute atomic E-state index is 12.0. The molecule has 0 spiro atoms. The number of alkyl halides is 4. The van der Waals surface area contributed by atoms with Gasteiger partial charge in [-0.25, -0.2) is 0 Å². The molecule has 0 heterocycles. The fourth-order valence-electron chi connectivity index (χ4n) is 0.957. The highest BCUT2D eigenvalue weighted by Crippen LogP contribution is 2.28. The van der Waals surface area contributed by atoms with E-state index in [-0.39, 0.29) is 22.4 Å². The first-order chi connectivity index (χ1) is 7.33. The van der Waals surface area contributed by atoms with E-state index < -0.39 is 6.36 Å². The summed E-state index contributed by atoms with van der Waals surface area (Å²) in [5.41, 5.74) is 0.177. The third-order valence-corrected chi connectivity index (χ3v) is 3.00. The Hall–Kier alpha value is -0.310. The van der Waals surface area contributed by atoms with E-state index in [0.717, 1.165) is 6.07 Å². The number of hydrogen-bond donors (Lipinski definition) is 0. The van der Waals surface area contributed by atoms with Crippen LogP contribution in [-0.4, -0.2) is 17.5 Å². The van der Waals surface area contributed by atoms with E-state index in [1.54, 1.807) is 22.6 Å². The van der Waals surface area contributed by atoms with Crippen LogP contribution >= 0.6 is 38.5 Å². The Kier molecular flexibility index (Phi) is 4.60. The van der Waals surface area contributed by atoms with Crippen molar-refractivity contribution in [3.8, 4) is 5.75 Å². The van der Waals surface area contributed by atoms with E-state index in [1.165, 1.54) is 12.1 Å². The van der Waals surface area contributed by atoms with Gasteiger partial charge in [-0.05, 0) is 34.7 Å². The number of rotatable bonds is 3. The van der Waals surface area contributed by atoms with Crippen molar-refractivity contribution in [2.45, 2.75) is 6.36 Å². The van der Waals surface area contributed by atoms with E-state index in [9.17, 15) is 18.0 Å². The smallest absolute Gasteiger partial charge is 0.405 e. The van der Waals surface area contributed by atoms with Gasteiger partial charge in [-0.1, -0.05) is 22.0 Å². The number of hydrogen-bond acceptors (Lipinski definition) is 2. The van der Waals surface area contributed by atoms with E-state index >= 15 is 0 Å². The summed E-state index contributed by atoms with van der Waals surface area (Å²) in [6, 6.07) is 3.94. The average molecular weight is 409 g/mol. The highest BCUT2D eigenvalue weighted by molar-refractivity contribution is 14.1. The molecule has 0 bridgehead atoms. The normalized spacial score (nSPS) is 11.3. The second-order valence-corrected chi connectivity index (χ2v) is 4.47. The van der Waals surface area contributed by atoms with Gasteiger partial charge in [-0.3, -0.25) is 4.79 Å². The summed E-state index contributed by atoms with van der Waals surface area (Å²) in [4.78, 5) is 11.3. The highest BCUT2D eigenvalue weighted by atomic mass is 127. The number of halogens is 5. The Morgan fingerprint density at radius 3 is 2.56 bits per heavy atom. The van der Waals surface area contributed by atoms with Crippen molar-refractivity contribution in [2.24, 2.45) is 0 Å². The summed E-state index contributed by atoms with van der Waals surface area (Å²) in [5, 5.41) is 0.0546. The molecule has 0 aliphatic carbocycles. The molecule has 0 atom stereocenters. The molecule has 7 heteroatoms. The zero-order chi connectivity index (χ0) is 12.3. The molecule has 0 radical (unpaired) electrons. The fraction of sp³-hybridized carbons (Fsp3) is 0.222. The third-order valence-electron chi connectivity index (χ3n) is 1.60. The van der Waals surface area contributed by atoms with Crippen LogP contribution < -0.4 is 4.74 Å². The first-order valence-corrected chi connectivity index (χ1v) is 6.18. The Morgan fingerprint density at radius 2 is 2.06 bits per heavy atom. The summed E-state index contributed by atoms with van der Waals surface area (Å²) in [6.07, 6.45) is -4.75. The molecule has 0 saturated heterocycles. The van der Waals surface area contributed by atoms with Crippen molar-refractivity contribution >= 4 is 44.3 Å². The molecule has 2 nitrogen and oxygen atoms in total. The lowest BCUT2D eigenvalue weighted by molar-refractivity contribution is -0.274. The predicted octanol–water partition coefficient (Wildman–Crippen LogP) is 3.77. The van der Waals surface area contributed by atoms with Crippen molar-refractivity contribution in [1.82, 2.24) is 0 Å². The predicted molar refractivity (Wildman–Crippen MR) is 64.0 cm³/mol. The SMILES string of the molecule is O=C(CBr)c1ccc(I)c(OC(F)(F)F)c1. The molecule has 0 saturated carbocycles. The molecule has 0 unspecified atom stereocenters. The lowest BCUT2D eigenvalue weighted by Crippen LogP contribution is -2.18. The van der Waals surface area contributed by atoms with Crippen LogP contribution in [0.4, 0.5) is 13.2 Å². The quantitative estimate of drug-likeness (QED) is 0.432. The molecule has 1 rings (SSSR count). The number of carbonyl (C=O) groups is 1. The van der Waals surface area contributed by atoms with Gasteiger partial charge < -0.3 is 4.74 Å². The fourth-order valence-corrected chi connectivity index (χ4v) is 1.73. The van der Waals surface area contributed by atoms with Crippen molar-refractivity contribution in [2.75, 3.05) is 5.33 Å². The van der Waals surface area contributed by atoms with Gasteiger partial charge in [0.05, 0.1) is 8.90 Å². The molecular formula is C9H5BrF3IO2. The van der Waals surface area contributed by atoms with Crippen LogP contribution in [0.2, 0.25) is 0 Å². The Labute approximate surface area is 111 Å². The summed E-state index contributed by atoms with van der Waals surface area (Å²) in [7, 11) is 0. The van der Waals surface area contributed by atoms with Gasteiger partial charge in [0.2, 0.25) is 0 Å². The van der Waals surface area contributed by atoms with Crippen molar-refractivity contribution < 1.29 is 22.7 Å². The average Bonchev–Trinajstić information content (AvgIpc) is 2.18. The second kappa shape index (κ2) is 5.35. The molecule has 0 amide bonds. The van der Waals surface area contributed by atoms with Crippen molar-refractivity contribution in [3.05, 3.63) is 27.3 Å². The van der Waals surface area contributed by atoms with Crippen LogP contribution in [0.1, 0.15) is 10.4 Å². The minimum absolute atomic E-state index is 0.0546. The van der Waals surface area contributed by atoms with Gasteiger partial charge in [-0.15, -0.1) is 13.2 Å². The van der Waals surface area contributed by atoms with Gasteiger partial charge in [0, 0.05) is 5.56 Å². The summed E-state index contributed by atoms with van der Waals surface area (Å²) >= 11 is 4.65. The highest BCUT2D eigenvalue weighted by Gasteiger charge is 2.32. The molecular weight excluding hydrogens is 404 g/mol. The number of Topliss-reactive ketones (excluding diaryl/α,β-unsaturated/α-hetero) is 1. The third kappa shape index (κ3) is 3.93. The zero-order valence-electron chi connectivity index (χ0n) is 7.65. The van der Waals surface area contributed by atoms with Crippen LogP contribution in [0.25, 0.3) is 0 Å². The van der Waals surface area contributed by atoms with Crippen molar-refractivity contribution in [3.63, 3.8) is 0 Å². The Bertz CT molecular complexity index is 406. The lowest BCUT2D eigenvalue weighted by Gasteiger charge is -2.11. The number of ketones is 1. The second-order valence-electron chi connectivity index (χ2n) is 2.75. The van der Waals surface area contributed by atoms with Crippen molar-refractivity contribution in [1.29, 1.82) is 0 Å². The van der Waals surface area contributed by atoms with Crippen LogP contribution in [0, 0.1) is 3.57 Å². The minimum atomic E-state index is -4.75. The zero-order valence-corrected chi connectivity index (χ0v) is 11.4. The lowest BCUT2D eigenvalue weighted by atomic mass is 10.1. The Balaban J connectivity index is 3.04. The van der Waals surface area contributed by atoms with Gasteiger partial charge in [-0.2, -0.15) is 0 Å². The standard InChI is InChI=1S/C9H5BrF3IO2/c10-4-7(15)5-1-2-6(14)8(3-5)16-9(11,12)13/h1-3H,4H2. The van der Waals surface area contributed by atoms with E-state index in [4.69, 9.17) is 0 Å². The Morgan fingerprint density at radius 1 is 1.44 bits per heavy atom. The first-order valence-electron chi connectivity index (χ1n) is 3.98. The first kappa shape index (κ1) is 13.8.